The highest BCUT2D eigenvalue weighted by Crippen LogP contribution is 2.51. The Hall–Kier alpha value is -2.14. The molecule has 5 aliphatic heterocycles. The summed E-state index contributed by atoms with van der Waals surface area (Å²) in [5.74, 6) is 0.919. The molecule has 5 heterocycles. The van der Waals surface area contributed by atoms with Gasteiger partial charge in [-0.05, 0) is 110 Å². The van der Waals surface area contributed by atoms with E-state index in [2.05, 4.69) is 55.7 Å². The van der Waals surface area contributed by atoms with E-state index in [1.54, 1.807) is 4.90 Å². The molecule has 6 aliphatic rings. The molecule has 1 aromatic carbocycles. The zero-order valence-electron chi connectivity index (χ0n) is 27.7. The van der Waals surface area contributed by atoms with Crippen molar-refractivity contribution in [2.45, 2.75) is 127 Å². The third kappa shape index (κ3) is 4.99. The van der Waals surface area contributed by atoms with Crippen molar-refractivity contribution in [1.29, 1.82) is 0 Å². The average molecular weight is 608 g/mol. The van der Waals surface area contributed by atoms with E-state index in [1.165, 1.54) is 6.42 Å². The average Bonchev–Trinajstić information content (AvgIpc) is 3.38. The molecule has 1 saturated carbocycles. The number of carbonyl (C=O) groups excluding carboxylic acids is 2. The fraction of sp³-hybridized carbons (Fsp3) is 0.765. The van der Waals surface area contributed by atoms with Gasteiger partial charge in [-0.2, -0.15) is 0 Å². The number of carbonyl (C=O) groups is 2. The van der Waals surface area contributed by atoms with Gasteiger partial charge in [0.15, 0.2) is 0 Å². The Morgan fingerprint density at radius 3 is 2.32 bits per heavy atom. The molecule has 0 aromatic heterocycles. The summed E-state index contributed by atoms with van der Waals surface area (Å²) in [5, 5.41) is 0. The maximum Gasteiger partial charge on any atom is 0.494 e. The van der Waals surface area contributed by atoms with Gasteiger partial charge in [0.05, 0.1) is 23.2 Å². The Labute approximate surface area is 263 Å². The first-order chi connectivity index (χ1) is 20.7. The summed E-state index contributed by atoms with van der Waals surface area (Å²) in [5.41, 5.74) is 0.944. The highest BCUT2D eigenvalue weighted by molar-refractivity contribution is 6.62. The van der Waals surface area contributed by atoms with Crippen LogP contribution in [0.15, 0.2) is 18.2 Å². The topological polar surface area (TPSA) is 80.8 Å². The second kappa shape index (κ2) is 10.4. The Morgan fingerprint density at radius 1 is 0.977 bits per heavy atom. The lowest BCUT2D eigenvalue weighted by molar-refractivity contribution is -0.126. The van der Waals surface area contributed by atoms with E-state index in [0.717, 1.165) is 61.7 Å². The molecule has 10 heteroatoms. The molecular weight excluding hydrogens is 557 g/mol. The predicted molar refractivity (Wildman–Crippen MR) is 169 cm³/mol. The number of nitrogens with zero attached hydrogens (tertiary/aromatic N) is 3. The van der Waals surface area contributed by atoms with Crippen LogP contribution >= 0.6 is 0 Å². The summed E-state index contributed by atoms with van der Waals surface area (Å²) in [6, 6.07) is 7.53. The molecule has 44 heavy (non-hydrogen) atoms. The summed E-state index contributed by atoms with van der Waals surface area (Å²) in [4.78, 5) is 34.1. The Bertz CT molecular complexity index is 1300. The largest absolute Gasteiger partial charge is 0.494 e. The van der Waals surface area contributed by atoms with E-state index in [9.17, 15) is 9.59 Å². The van der Waals surface area contributed by atoms with E-state index in [-0.39, 0.29) is 18.0 Å². The third-order valence-electron chi connectivity index (χ3n) is 11.7. The summed E-state index contributed by atoms with van der Waals surface area (Å²) in [6.07, 6.45) is 5.24. The van der Waals surface area contributed by atoms with Crippen LogP contribution in [-0.2, 0) is 29.0 Å². The summed E-state index contributed by atoms with van der Waals surface area (Å²) in [6.45, 7) is 17.8. The molecule has 2 bridgehead atoms. The van der Waals surface area contributed by atoms with Crippen molar-refractivity contribution >= 4 is 30.3 Å². The fourth-order valence-electron chi connectivity index (χ4n) is 8.35. The van der Waals surface area contributed by atoms with Crippen LogP contribution in [0.3, 0.4) is 0 Å². The number of hydrogen-bond acceptors (Lipinski definition) is 7. The quantitative estimate of drug-likeness (QED) is 0.476. The maximum absolute atomic E-state index is 14.7. The zero-order valence-corrected chi connectivity index (χ0v) is 27.7. The van der Waals surface area contributed by atoms with E-state index < -0.39 is 29.3 Å². The van der Waals surface area contributed by atoms with Gasteiger partial charge in [-0.1, -0.05) is 12.1 Å². The van der Waals surface area contributed by atoms with Crippen LogP contribution in [0.25, 0.3) is 0 Å². The number of hydrogen-bond donors (Lipinski definition) is 0. The smallest absolute Gasteiger partial charge is 0.444 e. The van der Waals surface area contributed by atoms with Gasteiger partial charge in [0, 0.05) is 50.1 Å². The summed E-state index contributed by atoms with van der Waals surface area (Å²) in [7, 11) is -0.491. The van der Waals surface area contributed by atoms with E-state index in [1.807, 2.05) is 20.8 Å². The number of piperidine rings is 1. The molecule has 240 valence electrons. The molecule has 9 nitrogen and oxygen atoms in total. The van der Waals surface area contributed by atoms with Crippen LogP contribution in [0.4, 0.5) is 10.5 Å². The number of ether oxygens (including phenoxy) is 2. The zero-order chi connectivity index (χ0) is 31.2. The van der Waals surface area contributed by atoms with Crippen molar-refractivity contribution in [2.75, 3.05) is 37.7 Å². The van der Waals surface area contributed by atoms with Crippen LogP contribution in [0, 0.1) is 5.92 Å². The van der Waals surface area contributed by atoms with E-state index in [4.69, 9.17) is 18.8 Å². The molecule has 0 radical (unpaired) electrons. The molecule has 7 rings (SSSR count). The maximum atomic E-state index is 14.7. The standard InChI is InChI=1S/C34H50BN3O6/c1-31(2,3)42-30(40)36-13-11-34(12-14-36)27-9-8-23(35-43-32(4,5)33(6,7)44-35)17-28(27)38(29(34)39)25-18-24(19-25)37-20-22-10-15-41-21-26(37)16-22/h8-9,17,22,24-26H,10-16,18-21H2,1-7H3. The third-order valence-corrected chi connectivity index (χ3v) is 11.7. The van der Waals surface area contributed by atoms with Gasteiger partial charge in [-0.3, -0.25) is 9.69 Å². The van der Waals surface area contributed by atoms with Gasteiger partial charge >= 0.3 is 13.2 Å². The Morgan fingerprint density at radius 2 is 1.66 bits per heavy atom. The molecule has 1 aliphatic carbocycles. The molecule has 0 N–H and O–H groups in total. The first-order valence-electron chi connectivity index (χ1n) is 16.8. The molecule has 5 fully saturated rings. The van der Waals surface area contributed by atoms with Gasteiger partial charge in [0.2, 0.25) is 5.91 Å². The summed E-state index contributed by atoms with van der Waals surface area (Å²) < 4.78 is 24.4. The van der Waals surface area contributed by atoms with Crippen LogP contribution < -0.4 is 10.4 Å². The molecule has 2 amide bonds. The van der Waals surface area contributed by atoms with Gasteiger partial charge in [-0.25, -0.2) is 4.79 Å². The monoisotopic (exact) mass is 607 g/mol. The normalized spacial score (nSPS) is 32.5. The van der Waals surface area contributed by atoms with Crippen LogP contribution in [0.5, 0.6) is 0 Å². The Balaban J connectivity index is 1.15. The second-order valence-electron chi connectivity index (χ2n) is 16.2. The SMILES string of the molecule is CC(C)(C)OC(=O)N1CCC2(CC1)C(=O)N(C1CC(N3CC4CCOCC3C4)C1)c1cc(B3OC(C)(C)C(C)(C)O3)ccc12. The molecule has 1 spiro atoms. The number of likely N-dealkylation sites (tertiary alicyclic amines) is 2. The lowest BCUT2D eigenvalue weighted by Crippen LogP contribution is -2.59. The van der Waals surface area contributed by atoms with E-state index >= 15 is 0 Å². The second-order valence-corrected chi connectivity index (χ2v) is 16.2. The summed E-state index contributed by atoms with van der Waals surface area (Å²) >= 11 is 0. The van der Waals surface area contributed by atoms with Gasteiger partial charge in [0.25, 0.3) is 0 Å². The van der Waals surface area contributed by atoms with Crippen molar-refractivity contribution in [3.05, 3.63) is 23.8 Å². The molecule has 2 unspecified atom stereocenters. The van der Waals surface area contributed by atoms with Crippen molar-refractivity contribution in [1.82, 2.24) is 9.80 Å². The van der Waals surface area contributed by atoms with Crippen molar-refractivity contribution in [3.8, 4) is 0 Å². The van der Waals surface area contributed by atoms with Crippen LogP contribution in [-0.4, -0.2) is 96.7 Å². The minimum Gasteiger partial charge on any atom is -0.444 e. The molecular formula is C34H50BN3O6. The highest BCUT2D eigenvalue weighted by atomic mass is 16.7. The van der Waals surface area contributed by atoms with Crippen molar-refractivity contribution in [2.24, 2.45) is 5.92 Å². The lowest BCUT2D eigenvalue weighted by Gasteiger charge is -2.48. The molecule has 2 atom stereocenters. The van der Waals surface area contributed by atoms with Gasteiger partial charge in [-0.15, -0.1) is 0 Å². The van der Waals surface area contributed by atoms with E-state index in [0.29, 0.717) is 38.0 Å². The minimum atomic E-state index is -0.636. The van der Waals surface area contributed by atoms with Gasteiger partial charge in [0.1, 0.15) is 5.60 Å². The predicted octanol–water partition coefficient (Wildman–Crippen LogP) is 4.24. The minimum absolute atomic E-state index is 0.159. The van der Waals surface area contributed by atoms with Crippen molar-refractivity contribution < 1.29 is 28.4 Å². The number of anilines is 1. The van der Waals surface area contributed by atoms with Crippen LogP contribution in [0.1, 0.15) is 92.6 Å². The first-order valence-corrected chi connectivity index (χ1v) is 16.8. The number of fused-ring (bicyclic) bond motifs is 4. The van der Waals surface area contributed by atoms with Crippen LogP contribution in [0.2, 0.25) is 0 Å². The number of benzene rings is 1. The van der Waals surface area contributed by atoms with Crippen molar-refractivity contribution in [3.63, 3.8) is 0 Å². The Kier molecular flexibility index (Phi) is 7.24. The number of rotatable bonds is 3. The molecule has 4 saturated heterocycles. The first kappa shape index (κ1) is 30.5. The fourth-order valence-corrected chi connectivity index (χ4v) is 8.35. The highest BCUT2D eigenvalue weighted by Gasteiger charge is 2.58. The lowest BCUT2D eigenvalue weighted by atomic mass is 9.71. The van der Waals surface area contributed by atoms with Gasteiger partial charge < -0.3 is 28.6 Å². The molecule has 1 aromatic rings. The number of amides is 2.